The molecule has 3 aromatic carbocycles. The first-order valence-corrected chi connectivity index (χ1v) is 9.02. The van der Waals surface area contributed by atoms with Crippen molar-refractivity contribution in [2.75, 3.05) is 6.54 Å². The number of hydrogen-bond donors (Lipinski definition) is 2. The van der Waals surface area contributed by atoms with E-state index in [1.165, 1.54) is 6.21 Å². The van der Waals surface area contributed by atoms with Gasteiger partial charge < -0.3 is 10.1 Å². The van der Waals surface area contributed by atoms with E-state index in [1.54, 1.807) is 0 Å². The number of amidine groups is 1. The summed E-state index contributed by atoms with van der Waals surface area (Å²) in [5.74, 6) is -0.206. The molecule has 1 heterocycles. The van der Waals surface area contributed by atoms with Gasteiger partial charge in [-0.1, -0.05) is 78.9 Å². The second kappa shape index (κ2) is 7.88. The van der Waals surface area contributed by atoms with E-state index in [0.29, 0.717) is 6.54 Å². The molecule has 1 atom stereocenters. The molecule has 0 aromatic heterocycles. The normalized spacial score (nSPS) is 17.8. The van der Waals surface area contributed by atoms with Crippen LogP contribution in [0.25, 0.3) is 16.8 Å². The Morgan fingerprint density at radius 3 is 2.43 bits per heavy atom. The topological polar surface area (TPSA) is 74.5 Å². The highest BCUT2D eigenvalue weighted by Crippen LogP contribution is 2.23. The first kappa shape index (κ1) is 17.7. The fourth-order valence-corrected chi connectivity index (χ4v) is 3.22. The molecule has 1 unspecified atom stereocenters. The maximum atomic E-state index is 12.1. The van der Waals surface area contributed by atoms with E-state index in [0.717, 1.165) is 27.5 Å². The highest BCUT2D eigenvalue weighted by molar-refractivity contribution is 6.03. The van der Waals surface area contributed by atoms with Gasteiger partial charge in [0.15, 0.2) is 0 Å². The lowest BCUT2D eigenvalue weighted by molar-refractivity contribution is -0.123. The van der Waals surface area contributed by atoms with E-state index >= 15 is 0 Å². The van der Waals surface area contributed by atoms with Crippen LogP contribution in [0, 0.1) is 5.41 Å². The maximum absolute atomic E-state index is 12.1. The summed E-state index contributed by atoms with van der Waals surface area (Å²) in [4.78, 5) is 16.4. The summed E-state index contributed by atoms with van der Waals surface area (Å²) in [6.07, 6.45) is 4.63. The molecular weight excluding hydrogens is 350 g/mol. The van der Waals surface area contributed by atoms with Crippen molar-refractivity contribution >= 4 is 35.0 Å². The third kappa shape index (κ3) is 3.55. The van der Waals surface area contributed by atoms with Crippen LogP contribution in [0.15, 0.2) is 77.8 Å². The molecule has 0 saturated carbocycles. The Kier molecular flexibility index (Phi) is 4.97. The zero-order valence-corrected chi connectivity index (χ0v) is 15.1. The van der Waals surface area contributed by atoms with Crippen LogP contribution in [0.1, 0.15) is 24.2 Å². The van der Waals surface area contributed by atoms with E-state index < -0.39 is 6.10 Å². The Morgan fingerprint density at radius 1 is 1.00 bits per heavy atom. The Labute approximate surface area is 164 Å². The molecule has 5 nitrogen and oxygen atoms in total. The van der Waals surface area contributed by atoms with Crippen LogP contribution in [0.2, 0.25) is 0 Å². The van der Waals surface area contributed by atoms with Crippen molar-refractivity contribution in [3.63, 3.8) is 0 Å². The van der Waals surface area contributed by atoms with Gasteiger partial charge in [-0.2, -0.15) is 0 Å². The van der Waals surface area contributed by atoms with Gasteiger partial charge in [-0.05, 0) is 21.9 Å². The zero-order chi connectivity index (χ0) is 19.3. The lowest BCUT2D eigenvalue weighted by atomic mass is 10.00. The van der Waals surface area contributed by atoms with Crippen molar-refractivity contribution in [3.05, 3.63) is 89.5 Å². The summed E-state index contributed by atoms with van der Waals surface area (Å²) < 4.78 is 5.64. The molecule has 5 heteroatoms. The van der Waals surface area contributed by atoms with Gasteiger partial charge in [0.1, 0.15) is 0 Å². The average Bonchev–Trinajstić information content (AvgIpc) is 3.12. The quantitative estimate of drug-likeness (QED) is 0.655. The van der Waals surface area contributed by atoms with Gasteiger partial charge in [0, 0.05) is 13.2 Å². The van der Waals surface area contributed by atoms with E-state index in [9.17, 15) is 4.79 Å². The predicted octanol–water partition coefficient (Wildman–Crippen LogP) is 4.34. The zero-order valence-electron chi connectivity index (χ0n) is 15.1. The first-order valence-electron chi connectivity index (χ1n) is 9.02. The number of benzene rings is 3. The van der Waals surface area contributed by atoms with Crippen LogP contribution < -0.4 is 5.32 Å². The van der Waals surface area contributed by atoms with Gasteiger partial charge in [0.25, 0.3) is 11.9 Å². The minimum Gasteiger partial charge on any atom is -0.447 e. The van der Waals surface area contributed by atoms with Crippen molar-refractivity contribution in [3.8, 4) is 0 Å². The van der Waals surface area contributed by atoms with E-state index in [2.05, 4.69) is 10.3 Å². The molecule has 1 saturated heterocycles. The molecular formula is C23H21N3O2. The van der Waals surface area contributed by atoms with Crippen molar-refractivity contribution < 1.29 is 11.0 Å². The Bertz CT molecular complexity index is 1090. The number of rotatable bonds is 5. The van der Waals surface area contributed by atoms with E-state index in [1.807, 2.05) is 78.9 Å². The largest absolute Gasteiger partial charge is 0.447 e. The smallest absolute Gasteiger partial charge is 0.292 e. The van der Waals surface area contributed by atoms with Crippen LogP contribution in [0.5, 0.6) is 0 Å². The number of nitrogens with zero attached hydrogens (tertiary/aromatic N) is 1. The fourth-order valence-electron chi connectivity index (χ4n) is 3.22. The van der Waals surface area contributed by atoms with Crippen LogP contribution in [0.4, 0.5) is 0 Å². The Morgan fingerprint density at radius 2 is 1.68 bits per heavy atom. The highest BCUT2D eigenvalue weighted by atomic mass is 16.5. The van der Waals surface area contributed by atoms with Gasteiger partial charge >= 0.3 is 0 Å². The number of hydrogen-bond acceptors (Lipinski definition) is 4. The van der Waals surface area contributed by atoms with Crippen molar-refractivity contribution in [2.45, 2.75) is 6.10 Å². The SMILES string of the molecule is N=Cc1ccc(/C=C/CN=C2NC(=O)C(c3ccccc3)O2)c2ccccc12.[HH]. The Balaban J connectivity index is 0.00000240. The number of fused-ring (bicyclic) bond motifs is 1. The van der Waals surface area contributed by atoms with Gasteiger partial charge in [-0.15, -0.1) is 0 Å². The molecule has 1 amide bonds. The van der Waals surface area contributed by atoms with Crippen molar-refractivity contribution in [2.24, 2.45) is 4.99 Å². The van der Waals surface area contributed by atoms with Crippen molar-refractivity contribution in [1.29, 1.82) is 5.41 Å². The molecule has 1 aliphatic rings. The van der Waals surface area contributed by atoms with Gasteiger partial charge in [0.05, 0.1) is 6.54 Å². The van der Waals surface area contributed by atoms with Crippen LogP contribution >= 0.6 is 0 Å². The second-order valence-electron chi connectivity index (χ2n) is 6.38. The van der Waals surface area contributed by atoms with Crippen LogP contribution in [0.3, 0.4) is 0 Å². The number of carbonyl (C=O) groups excluding carboxylic acids is 1. The third-order valence-corrected chi connectivity index (χ3v) is 4.58. The van der Waals surface area contributed by atoms with Gasteiger partial charge in [-0.25, -0.2) is 4.99 Å². The molecule has 0 aliphatic carbocycles. The van der Waals surface area contributed by atoms with Crippen molar-refractivity contribution in [1.82, 2.24) is 5.32 Å². The monoisotopic (exact) mass is 371 g/mol. The average molecular weight is 371 g/mol. The summed E-state index contributed by atoms with van der Waals surface area (Å²) in [5, 5.41) is 12.4. The summed E-state index contributed by atoms with van der Waals surface area (Å²) >= 11 is 0. The molecule has 1 fully saturated rings. The Hall–Kier alpha value is -3.73. The molecule has 0 spiro atoms. The molecule has 0 radical (unpaired) electrons. The standard InChI is InChI=1S/C23H19N3O2.H2/c24-15-18-13-12-16(19-10-4-5-11-20(18)19)9-6-14-25-23-26-22(27)21(28-23)17-7-2-1-3-8-17;/h1-13,15,21,24H,14H2,(H,25,26,27);1H/b9-6+,24-15?;. The molecule has 28 heavy (non-hydrogen) atoms. The number of aliphatic imine (C=N–C) groups is 1. The number of ether oxygens (including phenoxy) is 1. The van der Waals surface area contributed by atoms with E-state index in [-0.39, 0.29) is 13.4 Å². The van der Waals surface area contributed by atoms with Gasteiger partial charge in [0.2, 0.25) is 6.10 Å². The minimum atomic E-state index is -0.651. The molecule has 1 aliphatic heterocycles. The molecule has 4 rings (SSSR count). The lowest BCUT2D eigenvalue weighted by Crippen LogP contribution is -2.22. The summed E-state index contributed by atoms with van der Waals surface area (Å²) in [6, 6.07) is 21.5. The molecule has 3 aromatic rings. The predicted molar refractivity (Wildman–Crippen MR) is 114 cm³/mol. The van der Waals surface area contributed by atoms with Crippen LogP contribution in [-0.2, 0) is 9.53 Å². The number of carbonyl (C=O) groups is 1. The number of nitrogens with one attached hydrogen (secondary N) is 2. The summed E-state index contributed by atoms with van der Waals surface area (Å²) in [6.45, 7) is 0.387. The van der Waals surface area contributed by atoms with Gasteiger partial charge in [-0.3, -0.25) is 10.1 Å². The maximum Gasteiger partial charge on any atom is 0.292 e. The minimum absolute atomic E-state index is 0. The highest BCUT2D eigenvalue weighted by Gasteiger charge is 2.31. The third-order valence-electron chi connectivity index (χ3n) is 4.58. The summed E-state index contributed by atoms with van der Waals surface area (Å²) in [7, 11) is 0. The molecule has 0 bridgehead atoms. The summed E-state index contributed by atoms with van der Waals surface area (Å²) in [5.41, 5.74) is 2.75. The second-order valence-corrected chi connectivity index (χ2v) is 6.38. The van der Waals surface area contributed by atoms with E-state index in [4.69, 9.17) is 10.1 Å². The first-order chi connectivity index (χ1) is 13.8. The molecule has 140 valence electrons. The fraction of sp³-hybridized carbons (Fsp3) is 0.0870. The lowest BCUT2D eigenvalue weighted by Gasteiger charge is -2.06. The number of amides is 1. The molecule has 2 N–H and O–H groups in total. The van der Waals surface area contributed by atoms with Crippen LogP contribution in [-0.4, -0.2) is 24.7 Å².